The number of fused-ring (bicyclic) bond motifs is 18. The Morgan fingerprint density at radius 2 is 1.12 bits per heavy atom. The lowest BCUT2D eigenvalue weighted by atomic mass is 9.69. The first kappa shape index (κ1) is 45.8. The highest BCUT2D eigenvalue weighted by molar-refractivity contribution is 6.02. The quantitative estimate of drug-likeness (QED) is 0.151. The summed E-state index contributed by atoms with van der Waals surface area (Å²) in [7, 11) is 0. The largest absolute Gasteiger partial charge is 0.0877 e. The number of hydrogen-bond donors (Lipinski definition) is 0. The van der Waals surface area contributed by atoms with Gasteiger partial charge in [0, 0.05) is 17.3 Å². The van der Waals surface area contributed by atoms with E-state index in [4.69, 9.17) is 0 Å². The van der Waals surface area contributed by atoms with Crippen molar-refractivity contribution in [3.05, 3.63) is 301 Å². The summed E-state index contributed by atoms with van der Waals surface area (Å²) in [5.41, 5.74) is 33.1. The molecule has 7 aliphatic rings. The summed E-state index contributed by atoms with van der Waals surface area (Å²) in [6.45, 7) is 13.2. The van der Waals surface area contributed by atoms with Gasteiger partial charge in [0.1, 0.15) is 0 Å². The number of rotatable bonds is 5. The molecule has 0 nitrogen and oxygen atoms in total. The average molecular weight is 965 g/mol. The van der Waals surface area contributed by atoms with Crippen LogP contribution in [0.3, 0.4) is 0 Å². The lowest BCUT2D eigenvalue weighted by Gasteiger charge is -2.32. The second-order valence-electron chi connectivity index (χ2n) is 22.2. The van der Waals surface area contributed by atoms with Gasteiger partial charge in [-0.3, -0.25) is 0 Å². The van der Waals surface area contributed by atoms with Crippen molar-refractivity contribution in [2.45, 2.75) is 96.3 Å². The van der Waals surface area contributed by atoms with Gasteiger partial charge >= 0.3 is 0 Å². The van der Waals surface area contributed by atoms with Crippen LogP contribution < -0.4 is 0 Å². The molecule has 364 valence electrons. The third kappa shape index (κ3) is 6.42. The number of benzene rings is 8. The van der Waals surface area contributed by atoms with E-state index >= 15 is 0 Å². The second-order valence-corrected chi connectivity index (χ2v) is 22.2. The number of allylic oxidation sites excluding steroid dienone is 14. The first-order valence-electron chi connectivity index (χ1n) is 28.0. The van der Waals surface area contributed by atoms with Crippen LogP contribution >= 0.6 is 0 Å². The van der Waals surface area contributed by atoms with E-state index in [0.29, 0.717) is 0 Å². The second kappa shape index (κ2) is 17.4. The van der Waals surface area contributed by atoms with Gasteiger partial charge in [0.2, 0.25) is 0 Å². The number of hydrogen-bond acceptors (Lipinski definition) is 0. The van der Waals surface area contributed by atoms with Crippen LogP contribution in [-0.2, 0) is 17.3 Å². The molecule has 0 bridgehead atoms. The van der Waals surface area contributed by atoms with Crippen molar-refractivity contribution in [1.82, 2.24) is 0 Å². The Morgan fingerprint density at radius 1 is 0.493 bits per heavy atom. The Labute approximate surface area is 444 Å². The molecule has 75 heavy (non-hydrogen) atoms. The molecule has 1 spiro atoms. The van der Waals surface area contributed by atoms with Crippen molar-refractivity contribution in [3.8, 4) is 22.3 Å². The van der Waals surface area contributed by atoms with E-state index in [1.165, 1.54) is 144 Å². The molecule has 8 aromatic carbocycles. The topological polar surface area (TPSA) is 0 Å². The van der Waals surface area contributed by atoms with Gasteiger partial charge in [0.15, 0.2) is 0 Å². The van der Waals surface area contributed by atoms with E-state index in [1.54, 1.807) is 0 Å². The maximum Gasteiger partial charge on any atom is 0.0722 e. The molecule has 15 rings (SSSR count). The summed E-state index contributed by atoms with van der Waals surface area (Å²) in [6.07, 6.45) is 24.5. The monoisotopic (exact) mass is 965 g/mol. The summed E-state index contributed by atoms with van der Waals surface area (Å²) in [4.78, 5) is 0. The van der Waals surface area contributed by atoms with E-state index in [9.17, 15) is 0 Å². The zero-order valence-electron chi connectivity index (χ0n) is 44.3. The first-order valence-corrected chi connectivity index (χ1v) is 28.0. The van der Waals surface area contributed by atoms with E-state index in [-0.39, 0.29) is 22.7 Å². The van der Waals surface area contributed by atoms with Gasteiger partial charge in [-0.05, 0) is 202 Å². The first-order chi connectivity index (χ1) is 36.9. The summed E-state index contributed by atoms with van der Waals surface area (Å²) in [5, 5.41) is 2.58. The van der Waals surface area contributed by atoms with Crippen molar-refractivity contribution in [1.29, 1.82) is 0 Å². The normalized spacial score (nSPS) is 21.0. The van der Waals surface area contributed by atoms with Gasteiger partial charge in [-0.1, -0.05) is 222 Å². The molecular weight excluding hydrogens is 901 g/mol. The zero-order valence-corrected chi connectivity index (χ0v) is 44.3. The molecule has 0 radical (unpaired) electrons. The molecule has 0 heterocycles. The molecule has 0 N–H and O–H groups in total. The van der Waals surface area contributed by atoms with Gasteiger partial charge in [-0.25, -0.2) is 0 Å². The predicted molar refractivity (Wildman–Crippen MR) is 318 cm³/mol. The van der Waals surface area contributed by atoms with Gasteiger partial charge < -0.3 is 0 Å². The van der Waals surface area contributed by atoms with E-state index in [2.05, 4.69) is 234 Å². The average Bonchev–Trinajstić information content (AvgIpc) is 4.41. The molecule has 0 saturated carbocycles. The van der Waals surface area contributed by atoms with Crippen LogP contribution in [0.25, 0.3) is 49.7 Å². The summed E-state index contributed by atoms with van der Waals surface area (Å²) < 4.78 is 0. The highest BCUT2D eigenvalue weighted by Gasteiger charge is 2.54. The summed E-state index contributed by atoms with van der Waals surface area (Å²) in [6, 6.07) is 62.6. The van der Waals surface area contributed by atoms with Crippen LogP contribution in [0.5, 0.6) is 0 Å². The Morgan fingerprint density at radius 3 is 1.91 bits per heavy atom. The van der Waals surface area contributed by atoms with Crippen LogP contribution in [0.15, 0.2) is 223 Å². The standard InChI is InChI=1S/C73H58.C2H6/c1-5-7-27-63-51(6-2)57-37-34-49(43-68(57)72(63,3)4)69(47-32-35-53-50(39-47)38-46-21-10-11-22-52(46)53)48-33-36-54-60-40-44-19-8-9-20-45(44)41-62(60)70(61(54)42-48)59-26-18-31-67-71(59)58-25-14-17-30-66(58)73(67)64-28-15-12-23-55(64)56-24-13-16-29-65(56)73;1-2/h5-9,12,14-15,17-37,39-43,69-70H,10-11,13,16,38H2,1-4H3;1-2H3/b7-5-,51-6-,63-27+;. The maximum absolute atomic E-state index is 2.64. The Kier molecular flexibility index (Phi) is 10.6. The molecule has 3 unspecified atom stereocenters. The van der Waals surface area contributed by atoms with Crippen molar-refractivity contribution >= 4 is 27.5 Å². The lowest BCUT2D eigenvalue weighted by molar-refractivity contribution is 0.659. The van der Waals surface area contributed by atoms with Crippen LogP contribution in [0, 0.1) is 0 Å². The molecule has 7 aliphatic carbocycles. The van der Waals surface area contributed by atoms with Gasteiger partial charge in [0.25, 0.3) is 0 Å². The van der Waals surface area contributed by atoms with E-state index in [0.717, 1.165) is 32.1 Å². The fourth-order valence-electron chi connectivity index (χ4n) is 15.2. The minimum Gasteiger partial charge on any atom is -0.0877 e. The lowest BCUT2D eigenvalue weighted by Crippen LogP contribution is -2.26. The molecule has 0 saturated heterocycles. The SMILES string of the molecule is CC.C\C=C/C=C1\C(=C/C)c2ccc(C(c3ccc4c(c3)CC3=CCCC=C34)c3ccc4c(c3)C(c3cccc5c3-c3ccccc3C53C5=CCCC=C5c5ccccc53)c3cc5ccccc5cc3-4)cc2C1(C)C. The van der Waals surface area contributed by atoms with Crippen LogP contribution in [-0.4, -0.2) is 0 Å². The molecule has 0 aliphatic heterocycles. The minimum atomic E-state index is -0.363. The summed E-state index contributed by atoms with van der Waals surface area (Å²) >= 11 is 0. The smallest absolute Gasteiger partial charge is 0.0722 e. The third-order valence-corrected chi connectivity index (χ3v) is 18.3. The highest BCUT2D eigenvalue weighted by atomic mass is 14.6. The molecule has 3 atom stereocenters. The Bertz CT molecular complexity index is 3990. The van der Waals surface area contributed by atoms with Gasteiger partial charge in [-0.15, -0.1) is 0 Å². The molecular formula is C75H64. The van der Waals surface area contributed by atoms with Crippen molar-refractivity contribution in [2.75, 3.05) is 0 Å². The molecule has 0 amide bonds. The van der Waals surface area contributed by atoms with Crippen LogP contribution in [0.2, 0.25) is 0 Å². The van der Waals surface area contributed by atoms with E-state index in [1.807, 2.05) is 13.8 Å². The van der Waals surface area contributed by atoms with Crippen LogP contribution in [0.4, 0.5) is 0 Å². The Hall–Kier alpha value is -7.80. The highest BCUT2D eigenvalue weighted by Crippen LogP contribution is 2.66. The fourth-order valence-corrected chi connectivity index (χ4v) is 15.2. The predicted octanol–water partition coefficient (Wildman–Crippen LogP) is 19.5. The molecule has 8 aromatic rings. The van der Waals surface area contributed by atoms with E-state index < -0.39 is 0 Å². The Balaban J connectivity index is 0.00000255. The van der Waals surface area contributed by atoms with Crippen molar-refractivity contribution in [2.24, 2.45) is 0 Å². The third-order valence-electron chi connectivity index (χ3n) is 18.3. The van der Waals surface area contributed by atoms with Crippen molar-refractivity contribution < 1.29 is 0 Å². The maximum atomic E-state index is 2.64. The zero-order chi connectivity index (χ0) is 50.7. The van der Waals surface area contributed by atoms with Gasteiger partial charge in [0.05, 0.1) is 5.41 Å². The molecule has 0 aromatic heterocycles. The van der Waals surface area contributed by atoms with Gasteiger partial charge in [-0.2, -0.15) is 0 Å². The van der Waals surface area contributed by atoms with Crippen LogP contribution in [0.1, 0.15) is 157 Å². The summed E-state index contributed by atoms with van der Waals surface area (Å²) in [5.74, 6) is 0.0464. The molecule has 0 heteroatoms. The minimum absolute atomic E-state index is 0.0206. The van der Waals surface area contributed by atoms with Crippen molar-refractivity contribution in [3.63, 3.8) is 0 Å². The fraction of sp³-hybridized carbons (Fsp3) is 0.200. The molecule has 0 fully saturated rings.